The quantitative estimate of drug-likeness (QED) is 0.648. The lowest BCUT2D eigenvalue weighted by molar-refractivity contribution is 0.0726. The van der Waals surface area contributed by atoms with Gasteiger partial charge in [-0.15, -0.1) is 0 Å². The van der Waals surface area contributed by atoms with Crippen LogP contribution in [-0.4, -0.2) is 41.3 Å². The van der Waals surface area contributed by atoms with E-state index in [1.165, 1.54) is 0 Å². The van der Waals surface area contributed by atoms with Crippen molar-refractivity contribution in [3.8, 4) is 0 Å². The number of nitrogens with one attached hydrogen (secondary N) is 1. The van der Waals surface area contributed by atoms with Gasteiger partial charge in [0, 0.05) is 20.2 Å². The third kappa shape index (κ3) is 2.86. The number of hydrogen-bond acceptors (Lipinski definition) is 5. The summed E-state index contributed by atoms with van der Waals surface area (Å²) in [7, 11) is 1.55. The summed E-state index contributed by atoms with van der Waals surface area (Å²) in [5, 5.41) is 16.9. The van der Waals surface area contributed by atoms with Crippen molar-refractivity contribution in [2.24, 2.45) is 0 Å². The van der Waals surface area contributed by atoms with Gasteiger partial charge in [0.05, 0.1) is 24.1 Å². The maximum Gasteiger partial charge on any atom is 0.148 e. The Hall–Kier alpha value is -1.27. The summed E-state index contributed by atoms with van der Waals surface area (Å²) in [6.45, 7) is 5.27. The van der Waals surface area contributed by atoms with Crippen LogP contribution in [0.4, 0.5) is 11.5 Å². The molecule has 1 heterocycles. The Labute approximate surface area is 95.4 Å². The standard InChI is InChI=1S/C10H20N4O2/c1-4-14-10(9(11)7(2)13-14)12-5-8(15)6-16-3/h8,12,15H,4-6,11H2,1-3H3. The molecule has 1 rings (SSSR count). The minimum absolute atomic E-state index is 0.298. The van der Waals surface area contributed by atoms with Crippen LogP contribution in [0, 0.1) is 6.92 Å². The van der Waals surface area contributed by atoms with Gasteiger partial charge in [-0.1, -0.05) is 0 Å². The topological polar surface area (TPSA) is 85.3 Å². The first kappa shape index (κ1) is 12.8. The highest BCUT2D eigenvalue weighted by molar-refractivity contribution is 5.64. The van der Waals surface area contributed by atoms with Crippen LogP contribution in [0.5, 0.6) is 0 Å². The molecule has 0 bridgehead atoms. The molecule has 92 valence electrons. The number of nitrogens with two attached hydrogens (primary N) is 1. The van der Waals surface area contributed by atoms with Crippen molar-refractivity contribution >= 4 is 11.5 Å². The molecular weight excluding hydrogens is 208 g/mol. The van der Waals surface area contributed by atoms with Crippen molar-refractivity contribution in [3.63, 3.8) is 0 Å². The fraction of sp³-hybridized carbons (Fsp3) is 0.700. The Morgan fingerprint density at radius 2 is 2.31 bits per heavy atom. The Morgan fingerprint density at radius 1 is 1.62 bits per heavy atom. The molecule has 4 N–H and O–H groups in total. The average molecular weight is 228 g/mol. The molecule has 1 aromatic rings. The minimum atomic E-state index is -0.551. The second-order valence-electron chi connectivity index (χ2n) is 3.65. The van der Waals surface area contributed by atoms with Gasteiger partial charge in [-0.25, -0.2) is 4.68 Å². The van der Waals surface area contributed by atoms with E-state index in [9.17, 15) is 5.11 Å². The number of aliphatic hydroxyl groups is 1. The average Bonchev–Trinajstić information content (AvgIpc) is 2.53. The molecule has 1 unspecified atom stereocenters. The van der Waals surface area contributed by atoms with Crippen LogP contribution < -0.4 is 11.1 Å². The third-order valence-electron chi connectivity index (χ3n) is 2.34. The zero-order valence-corrected chi connectivity index (χ0v) is 10.0. The molecule has 0 saturated carbocycles. The van der Waals surface area contributed by atoms with Crippen LogP contribution in [-0.2, 0) is 11.3 Å². The number of nitrogen functional groups attached to an aromatic ring is 1. The van der Waals surface area contributed by atoms with E-state index in [4.69, 9.17) is 10.5 Å². The highest BCUT2D eigenvalue weighted by atomic mass is 16.5. The predicted molar refractivity (Wildman–Crippen MR) is 63.4 cm³/mol. The highest BCUT2D eigenvalue weighted by Crippen LogP contribution is 2.21. The number of methoxy groups -OCH3 is 1. The SMILES string of the molecule is CCn1nc(C)c(N)c1NCC(O)COC. The van der Waals surface area contributed by atoms with Crippen molar-refractivity contribution in [2.75, 3.05) is 31.3 Å². The lowest BCUT2D eigenvalue weighted by Gasteiger charge is -2.13. The Bertz CT molecular complexity index is 338. The fourth-order valence-corrected chi connectivity index (χ4v) is 1.48. The number of anilines is 2. The Balaban J connectivity index is 2.65. The zero-order valence-electron chi connectivity index (χ0n) is 10.0. The second kappa shape index (κ2) is 5.72. The van der Waals surface area contributed by atoms with E-state index < -0.39 is 6.10 Å². The van der Waals surface area contributed by atoms with Crippen LogP contribution >= 0.6 is 0 Å². The largest absolute Gasteiger partial charge is 0.394 e. The van der Waals surface area contributed by atoms with Gasteiger partial charge >= 0.3 is 0 Å². The molecule has 0 saturated heterocycles. The number of nitrogens with zero attached hydrogens (tertiary/aromatic N) is 2. The van der Waals surface area contributed by atoms with Crippen LogP contribution in [0.2, 0.25) is 0 Å². The molecule has 6 nitrogen and oxygen atoms in total. The molecule has 1 atom stereocenters. The highest BCUT2D eigenvalue weighted by Gasteiger charge is 2.12. The van der Waals surface area contributed by atoms with Crippen LogP contribution in [0.25, 0.3) is 0 Å². The first-order valence-corrected chi connectivity index (χ1v) is 5.33. The molecule has 0 spiro atoms. The van der Waals surface area contributed by atoms with E-state index in [0.717, 1.165) is 18.1 Å². The molecule has 0 aromatic carbocycles. The lowest BCUT2D eigenvalue weighted by atomic mass is 10.3. The predicted octanol–water partition coefficient (Wildman–Crippen LogP) is 0.213. The Kier molecular flexibility index (Phi) is 4.57. The number of ether oxygens (including phenoxy) is 1. The molecule has 0 amide bonds. The molecule has 1 aromatic heterocycles. The second-order valence-corrected chi connectivity index (χ2v) is 3.65. The molecular formula is C10H20N4O2. The molecule has 0 aliphatic carbocycles. The molecule has 0 aliphatic rings. The van der Waals surface area contributed by atoms with E-state index in [1.54, 1.807) is 11.8 Å². The summed E-state index contributed by atoms with van der Waals surface area (Å²) >= 11 is 0. The maximum absolute atomic E-state index is 9.51. The molecule has 0 fully saturated rings. The van der Waals surface area contributed by atoms with Crippen molar-refractivity contribution in [1.29, 1.82) is 0 Å². The van der Waals surface area contributed by atoms with E-state index in [-0.39, 0.29) is 0 Å². The molecule has 0 radical (unpaired) electrons. The first-order chi connectivity index (χ1) is 7.60. The normalized spacial score (nSPS) is 12.8. The van der Waals surface area contributed by atoms with Gasteiger partial charge < -0.3 is 20.9 Å². The summed E-state index contributed by atoms with van der Waals surface area (Å²) < 4.78 is 6.62. The number of aliphatic hydroxyl groups excluding tert-OH is 1. The number of rotatable bonds is 6. The van der Waals surface area contributed by atoms with Crippen LogP contribution in [0.15, 0.2) is 0 Å². The van der Waals surface area contributed by atoms with Gasteiger partial charge in [-0.3, -0.25) is 0 Å². The summed E-state index contributed by atoms with van der Waals surface area (Å²) in [4.78, 5) is 0. The van der Waals surface area contributed by atoms with Gasteiger partial charge in [0.25, 0.3) is 0 Å². The number of aromatic nitrogens is 2. The molecule has 6 heteroatoms. The van der Waals surface area contributed by atoms with E-state index in [1.807, 2.05) is 13.8 Å². The van der Waals surface area contributed by atoms with E-state index >= 15 is 0 Å². The van der Waals surface area contributed by atoms with Gasteiger partial charge in [0.15, 0.2) is 0 Å². The van der Waals surface area contributed by atoms with Crippen molar-refractivity contribution in [2.45, 2.75) is 26.5 Å². The smallest absolute Gasteiger partial charge is 0.148 e. The third-order valence-corrected chi connectivity index (χ3v) is 2.34. The van der Waals surface area contributed by atoms with Crippen LogP contribution in [0.3, 0.4) is 0 Å². The van der Waals surface area contributed by atoms with Gasteiger partial charge in [0.1, 0.15) is 5.82 Å². The van der Waals surface area contributed by atoms with E-state index in [0.29, 0.717) is 18.8 Å². The van der Waals surface area contributed by atoms with Crippen LogP contribution in [0.1, 0.15) is 12.6 Å². The van der Waals surface area contributed by atoms with E-state index in [2.05, 4.69) is 10.4 Å². The fourth-order valence-electron chi connectivity index (χ4n) is 1.48. The first-order valence-electron chi connectivity index (χ1n) is 5.33. The van der Waals surface area contributed by atoms with Crippen molar-refractivity contribution in [1.82, 2.24) is 9.78 Å². The lowest BCUT2D eigenvalue weighted by Crippen LogP contribution is -2.25. The Morgan fingerprint density at radius 3 is 2.88 bits per heavy atom. The summed E-state index contributed by atoms with van der Waals surface area (Å²) in [6, 6.07) is 0. The molecule has 0 aliphatic heterocycles. The summed E-state index contributed by atoms with van der Waals surface area (Å²) in [5.41, 5.74) is 7.31. The van der Waals surface area contributed by atoms with Gasteiger partial charge in [0.2, 0.25) is 0 Å². The summed E-state index contributed by atoms with van der Waals surface area (Å²) in [5.74, 6) is 0.759. The van der Waals surface area contributed by atoms with Gasteiger partial charge in [-0.2, -0.15) is 5.10 Å². The van der Waals surface area contributed by atoms with Gasteiger partial charge in [-0.05, 0) is 13.8 Å². The zero-order chi connectivity index (χ0) is 12.1. The van der Waals surface area contributed by atoms with Crippen molar-refractivity contribution in [3.05, 3.63) is 5.69 Å². The number of hydrogen-bond donors (Lipinski definition) is 3. The van der Waals surface area contributed by atoms with Crippen molar-refractivity contribution < 1.29 is 9.84 Å². The summed E-state index contributed by atoms with van der Waals surface area (Å²) in [6.07, 6.45) is -0.551. The maximum atomic E-state index is 9.51. The molecule has 16 heavy (non-hydrogen) atoms. The monoisotopic (exact) mass is 228 g/mol. The number of aryl methyl sites for hydroxylation is 2. The minimum Gasteiger partial charge on any atom is -0.394 e.